The van der Waals surface area contributed by atoms with E-state index in [2.05, 4.69) is 79.2 Å². The molecule has 0 radical (unpaired) electrons. The maximum atomic E-state index is 2.48. The molecule has 1 aromatic carbocycles. The van der Waals surface area contributed by atoms with Gasteiger partial charge >= 0.3 is 0 Å². The van der Waals surface area contributed by atoms with E-state index in [1.165, 1.54) is 79.7 Å². The van der Waals surface area contributed by atoms with Crippen molar-refractivity contribution in [2.45, 2.75) is 78.2 Å². The zero-order valence-corrected chi connectivity index (χ0v) is 21.8. The van der Waals surface area contributed by atoms with Crippen LogP contribution in [0, 0.1) is 6.92 Å². The summed E-state index contributed by atoms with van der Waals surface area (Å²) in [6.45, 7) is 5.66. The second-order valence-corrected chi connectivity index (χ2v) is 8.90. The second-order valence-electron chi connectivity index (χ2n) is 8.01. The number of aromatic nitrogens is 1. The van der Waals surface area contributed by atoms with Crippen LogP contribution in [0.5, 0.6) is 0 Å². The molecule has 0 unspecified atom stereocenters. The van der Waals surface area contributed by atoms with Gasteiger partial charge in [-0.15, -0.1) is 0 Å². The van der Waals surface area contributed by atoms with Crippen molar-refractivity contribution in [3.63, 3.8) is 0 Å². The van der Waals surface area contributed by atoms with Crippen molar-refractivity contribution in [2.24, 2.45) is 0 Å². The van der Waals surface area contributed by atoms with Crippen LogP contribution in [0.3, 0.4) is 0 Å². The molecule has 4 heteroatoms. The number of benzene rings is 1. The molecule has 0 N–H and O–H groups in total. The first-order chi connectivity index (χ1) is 13.6. The summed E-state index contributed by atoms with van der Waals surface area (Å²) in [4.78, 5) is 2.13. The highest BCUT2D eigenvalue weighted by Crippen LogP contribution is 2.16. The quantitative estimate of drug-likeness (QED) is 0.217. The molecule has 0 aliphatic carbocycles. The molecule has 0 bridgehead atoms. The van der Waals surface area contributed by atoms with Crippen molar-refractivity contribution in [3.05, 3.63) is 45.9 Å². The molecule has 0 fully saturated rings. The number of rotatable bonds is 13. The average Bonchev–Trinajstić information content (AvgIpc) is 3.05. The van der Waals surface area contributed by atoms with Crippen LogP contribution in [0.15, 0.2) is 29.6 Å². The Balaban J connectivity index is 0.00000420. The number of aryl methyl sites for hydroxylation is 1. The van der Waals surface area contributed by atoms with Gasteiger partial charge in [-0.25, -0.2) is 0 Å². The number of hydrogen-bond donors (Lipinski definition) is 0. The third kappa shape index (κ3) is 9.65. The molecule has 29 heavy (non-hydrogen) atoms. The molecule has 2 rings (SSSR count). The van der Waals surface area contributed by atoms with Gasteiger partial charge in [-0.2, -0.15) is 4.57 Å². The summed E-state index contributed by atoms with van der Waals surface area (Å²) in [6.07, 6.45) is 17.0. The Bertz CT molecular complexity index is 704. The molecule has 0 aliphatic heterocycles. The van der Waals surface area contributed by atoms with Gasteiger partial charge in [-0.3, -0.25) is 0 Å². The van der Waals surface area contributed by atoms with Crippen LogP contribution in [0.1, 0.15) is 81.0 Å². The van der Waals surface area contributed by atoms with Crippen molar-refractivity contribution < 1.29 is 28.5 Å². The lowest BCUT2D eigenvalue weighted by Gasteiger charge is -2.11. The molecule has 2 nitrogen and oxygen atoms in total. The van der Waals surface area contributed by atoms with Crippen LogP contribution in [0.25, 0.3) is 12.2 Å². The van der Waals surface area contributed by atoms with E-state index in [-0.39, 0.29) is 24.0 Å². The Hall–Kier alpha value is -0.880. The lowest BCUT2D eigenvalue weighted by Crippen LogP contribution is -3.00. The minimum atomic E-state index is 0. The van der Waals surface area contributed by atoms with Gasteiger partial charge in [0.25, 0.3) is 5.01 Å². The number of thiazole rings is 1. The Morgan fingerprint density at radius 1 is 0.862 bits per heavy atom. The lowest BCUT2D eigenvalue weighted by atomic mass is 10.1. The Labute approximate surface area is 200 Å². The minimum Gasteiger partial charge on any atom is -1.00 e. The molecular weight excluding hydrogens is 487 g/mol. The average molecular weight is 527 g/mol. The highest BCUT2D eigenvalue weighted by molar-refractivity contribution is 7.10. The molecule has 0 amide bonds. The number of anilines is 1. The van der Waals surface area contributed by atoms with Crippen molar-refractivity contribution in [1.29, 1.82) is 0 Å². The first kappa shape index (κ1) is 26.2. The van der Waals surface area contributed by atoms with Crippen LogP contribution in [-0.2, 0) is 6.54 Å². The fraction of sp³-hybridized carbons (Fsp3) is 0.560. The van der Waals surface area contributed by atoms with Gasteiger partial charge in [-0.1, -0.05) is 75.3 Å². The van der Waals surface area contributed by atoms with Gasteiger partial charge < -0.3 is 28.9 Å². The molecule has 0 saturated carbocycles. The van der Waals surface area contributed by atoms with Gasteiger partial charge in [0.1, 0.15) is 6.54 Å². The highest BCUT2D eigenvalue weighted by atomic mass is 127. The summed E-state index contributed by atoms with van der Waals surface area (Å²) in [7, 11) is 4.16. The number of unbranched alkanes of at least 4 members (excludes halogenated alkanes) is 8. The zero-order chi connectivity index (χ0) is 20.2. The maximum absolute atomic E-state index is 2.48. The topological polar surface area (TPSA) is 7.12 Å². The van der Waals surface area contributed by atoms with Gasteiger partial charge in [0, 0.05) is 39.2 Å². The Morgan fingerprint density at radius 3 is 2.03 bits per heavy atom. The van der Waals surface area contributed by atoms with Crippen molar-refractivity contribution in [2.75, 3.05) is 19.0 Å². The molecule has 0 atom stereocenters. The first-order valence-corrected chi connectivity index (χ1v) is 11.9. The van der Waals surface area contributed by atoms with E-state index >= 15 is 0 Å². The van der Waals surface area contributed by atoms with Gasteiger partial charge in [0.15, 0.2) is 5.69 Å². The zero-order valence-electron chi connectivity index (χ0n) is 18.8. The van der Waals surface area contributed by atoms with Crippen LogP contribution >= 0.6 is 11.3 Å². The Kier molecular flexibility index (Phi) is 13.5. The maximum Gasteiger partial charge on any atom is 0.261 e. The summed E-state index contributed by atoms with van der Waals surface area (Å²) >= 11 is 1.85. The Morgan fingerprint density at radius 2 is 1.45 bits per heavy atom. The predicted octanol–water partition coefficient (Wildman–Crippen LogP) is 4.12. The van der Waals surface area contributed by atoms with Crippen LogP contribution in [-0.4, -0.2) is 14.1 Å². The summed E-state index contributed by atoms with van der Waals surface area (Å²) in [5, 5.41) is 3.64. The summed E-state index contributed by atoms with van der Waals surface area (Å²) in [6, 6.07) is 8.74. The smallest absolute Gasteiger partial charge is 0.261 e. The molecule has 0 spiro atoms. The summed E-state index contributed by atoms with van der Waals surface area (Å²) in [5.41, 5.74) is 3.88. The molecule has 2 aromatic rings. The standard InChI is InChI=1S/C25H39N2S.HI/c1-5-6-7-8-9-10-11-12-13-20-27-22(2)21-28-25(27)19-16-23-14-17-24(18-15-23)26(3)4;/h14-19,21H,5-13,20H2,1-4H3;1H/q+1;/p-1. The number of nitrogens with zero attached hydrogens (tertiary/aromatic N) is 2. The molecule has 1 aromatic heterocycles. The van der Waals surface area contributed by atoms with E-state index in [1.807, 2.05) is 11.3 Å². The predicted molar refractivity (Wildman–Crippen MR) is 126 cm³/mol. The van der Waals surface area contributed by atoms with Crippen LogP contribution in [0.4, 0.5) is 5.69 Å². The normalized spacial score (nSPS) is 11.0. The summed E-state index contributed by atoms with van der Waals surface area (Å²) in [5.74, 6) is 0. The first-order valence-electron chi connectivity index (χ1n) is 11.0. The van der Waals surface area contributed by atoms with Crippen molar-refractivity contribution >= 4 is 29.2 Å². The number of halogens is 1. The fourth-order valence-corrected chi connectivity index (χ4v) is 4.42. The number of hydrogen-bond acceptors (Lipinski definition) is 2. The highest BCUT2D eigenvalue weighted by Gasteiger charge is 2.14. The van der Waals surface area contributed by atoms with E-state index in [1.54, 1.807) is 0 Å². The molecule has 0 saturated heterocycles. The largest absolute Gasteiger partial charge is 1.00 e. The van der Waals surface area contributed by atoms with Gasteiger partial charge in [0.05, 0.1) is 5.38 Å². The van der Waals surface area contributed by atoms with Crippen LogP contribution in [0.2, 0.25) is 0 Å². The molecular formula is C25H39IN2S. The van der Waals surface area contributed by atoms with E-state index in [4.69, 9.17) is 0 Å². The fourth-order valence-electron chi connectivity index (χ4n) is 3.49. The molecule has 162 valence electrons. The monoisotopic (exact) mass is 526 g/mol. The van der Waals surface area contributed by atoms with E-state index in [9.17, 15) is 0 Å². The summed E-state index contributed by atoms with van der Waals surface area (Å²) < 4.78 is 2.48. The van der Waals surface area contributed by atoms with E-state index in [0.717, 1.165) is 6.54 Å². The van der Waals surface area contributed by atoms with Gasteiger partial charge in [0.2, 0.25) is 0 Å². The second kappa shape index (κ2) is 15.0. The van der Waals surface area contributed by atoms with Gasteiger partial charge in [-0.05, 0) is 30.2 Å². The van der Waals surface area contributed by atoms with E-state index < -0.39 is 0 Å². The lowest BCUT2D eigenvalue weighted by molar-refractivity contribution is -0.700. The van der Waals surface area contributed by atoms with Crippen molar-refractivity contribution in [3.8, 4) is 0 Å². The third-order valence-corrected chi connectivity index (χ3v) is 6.41. The minimum absolute atomic E-state index is 0. The SMILES string of the molecule is CCCCCCCCCCC[n+]1c(C)csc1/C=C/c1ccc(N(C)C)cc1.[I-]. The van der Waals surface area contributed by atoms with Crippen LogP contribution < -0.4 is 33.4 Å². The van der Waals surface area contributed by atoms with Crippen molar-refractivity contribution in [1.82, 2.24) is 0 Å². The molecule has 1 heterocycles. The molecule has 0 aliphatic rings. The van der Waals surface area contributed by atoms with E-state index in [0.29, 0.717) is 0 Å². The third-order valence-electron chi connectivity index (χ3n) is 5.36.